The molecule has 0 aliphatic heterocycles. The molecule has 1 heterocycles. The highest BCUT2D eigenvalue weighted by atomic mass is 16.6. The van der Waals surface area contributed by atoms with Gasteiger partial charge in [-0.05, 0) is 31.2 Å². The second kappa shape index (κ2) is 12.2. The molecule has 32 heavy (non-hydrogen) atoms. The molecule has 1 atom stereocenters. The Morgan fingerprint density at radius 3 is 2.38 bits per heavy atom. The number of anilines is 1. The Labute approximate surface area is 187 Å². The molecule has 0 aliphatic rings. The van der Waals surface area contributed by atoms with Gasteiger partial charge in [0.1, 0.15) is 12.8 Å². The van der Waals surface area contributed by atoms with Crippen molar-refractivity contribution in [1.82, 2.24) is 9.55 Å². The van der Waals surface area contributed by atoms with Crippen LogP contribution >= 0.6 is 0 Å². The molecule has 9 heteroatoms. The molecule has 0 saturated heterocycles. The fourth-order valence-electron chi connectivity index (χ4n) is 2.64. The van der Waals surface area contributed by atoms with Gasteiger partial charge in [0.05, 0.1) is 12.0 Å². The molecule has 170 valence electrons. The lowest BCUT2D eigenvalue weighted by molar-refractivity contribution is -0.145. The molecule has 3 rings (SSSR count). The highest BCUT2D eigenvalue weighted by Crippen LogP contribution is 2.20. The minimum Gasteiger partial charge on any atom is -0.465 e. The van der Waals surface area contributed by atoms with Crippen molar-refractivity contribution in [2.75, 3.05) is 25.2 Å². The van der Waals surface area contributed by atoms with E-state index < -0.39 is 12.3 Å². The highest BCUT2D eigenvalue weighted by molar-refractivity contribution is 5.85. The van der Waals surface area contributed by atoms with E-state index in [-0.39, 0.29) is 12.6 Å². The molecule has 9 nitrogen and oxygen atoms in total. The molecular weight excluding hydrogens is 412 g/mol. The standard InChI is InChI=1S/C17H15N3O2.C6H13NO3/c1-19(17(21)22)14-7-9-15(10-8-14)20-11-16(18-12-20)13-5-3-2-4-6-13;1-3-9-6(7)4-10-5(2)8/h2-12H,1H3,(H,21,22);6H,3-4,7H2,1-2H3. The summed E-state index contributed by atoms with van der Waals surface area (Å²) in [7, 11) is 1.52. The molecule has 2 aromatic carbocycles. The van der Waals surface area contributed by atoms with Gasteiger partial charge in [-0.3, -0.25) is 9.69 Å². The Morgan fingerprint density at radius 2 is 1.81 bits per heavy atom. The number of carbonyl (C=O) groups is 2. The van der Waals surface area contributed by atoms with Crippen molar-refractivity contribution in [3.8, 4) is 16.9 Å². The molecule has 0 bridgehead atoms. The third-order valence-corrected chi connectivity index (χ3v) is 4.31. The van der Waals surface area contributed by atoms with Crippen LogP contribution in [-0.2, 0) is 14.3 Å². The van der Waals surface area contributed by atoms with Gasteiger partial charge in [0.2, 0.25) is 0 Å². The fourth-order valence-corrected chi connectivity index (χ4v) is 2.64. The summed E-state index contributed by atoms with van der Waals surface area (Å²) in [5.41, 5.74) is 8.84. The van der Waals surface area contributed by atoms with Crippen molar-refractivity contribution in [3.05, 3.63) is 67.1 Å². The first kappa shape index (κ1) is 24.6. The zero-order chi connectivity index (χ0) is 23.5. The van der Waals surface area contributed by atoms with Gasteiger partial charge in [-0.25, -0.2) is 9.78 Å². The first-order valence-electron chi connectivity index (χ1n) is 9.98. The second-order valence-electron chi connectivity index (χ2n) is 6.69. The maximum Gasteiger partial charge on any atom is 0.411 e. The first-order valence-corrected chi connectivity index (χ1v) is 9.98. The number of benzene rings is 2. The number of carboxylic acid groups (broad SMARTS) is 1. The zero-order valence-corrected chi connectivity index (χ0v) is 18.3. The average Bonchev–Trinajstić information content (AvgIpc) is 3.29. The van der Waals surface area contributed by atoms with Crippen LogP contribution in [0.15, 0.2) is 67.1 Å². The van der Waals surface area contributed by atoms with Crippen LogP contribution in [0.3, 0.4) is 0 Å². The van der Waals surface area contributed by atoms with E-state index in [2.05, 4.69) is 9.72 Å². The van der Waals surface area contributed by atoms with Crippen molar-refractivity contribution in [2.24, 2.45) is 5.73 Å². The number of nitrogens with zero attached hydrogens (tertiary/aromatic N) is 3. The molecule has 3 aromatic rings. The minimum atomic E-state index is -0.984. The number of aromatic nitrogens is 2. The summed E-state index contributed by atoms with van der Waals surface area (Å²) >= 11 is 0. The Bertz CT molecular complexity index is 989. The van der Waals surface area contributed by atoms with E-state index in [1.54, 1.807) is 18.5 Å². The van der Waals surface area contributed by atoms with Crippen molar-refractivity contribution >= 4 is 17.7 Å². The largest absolute Gasteiger partial charge is 0.465 e. The quantitative estimate of drug-likeness (QED) is 0.426. The number of nitrogens with two attached hydrogens (primary N) is 1. The van der Waals surface area contributed by atoms with Crippen LogP contribution in [0.1, 0.15) is 13.8 Å². The Balaban J connectivity index is 0.000000309. The lowest BCUT2D eigenvalue weighted by Gasteiger charge is -2.13. The molecular formula is C23H28N4O5. The van der Waals surface area contributed by atoms with Gasteiger partial charge in [-0.2, -0.15) is 0 Å². The summed E-state index contributed by atoms with van der Waals surface area (Å²) in [6.07, 6.45) is 2.22. The van der Waals surface area contributed by atoms with Gasteiger partial charge < -0.3 is 24.9 Å². The van der Waals surface area contributed by atoms with Gasteiger partial charge in [-0.15, -0.1) is 0 Å². The third kappa shape index (κ3) is 7.53. The Hall–Kier alpha value is -3.69. The Morgan fingerprint density at radius 1 is 1.16 bits per heavy atom. The van der Waals surface area contributed by atoms with Crippen molar-refractivity contribution < 1.29 is 24.2 Å². The van der Waals surface area contributed by atoms with E-state index in [1.807, 2.05) is 60.2 Å². The molecule has 0 aliphatic carbocycles. The van der Waals surface area contributed by atoms with Gasteiger partial charge in [0, 0.05) is 43.7 Å². The highest BCUT2D eigenvalue weighted by Gasteiger charge is 2.08. The van der Waals surface area contributed by atoms with Crippen LogP contribution in [0.25, 0.3) is 16.9 Å². The summed E-state index contributed by atoms with van der Waals surface area (Å²) in [6, 6.07) is 17.2. The number of esters is 1. The summed E-state index contributed by atoms with van der Waals surface area (Å²) in [5.74, 6) is -0.338. The number of hydrogen-bond acceptors (Lipinski definition) is 6. The van der Waals surface area contributed by atoms with Gasteiger partial charge in [0.15, 0.2) is 0 Å². The van der Waals surface area contributed by atoms with E-state index in [4.69, 9.17) is 15.6 Å². The average molecular weight is 441 g/mol. The number of rotatable bonds is 7. The number of amides is 1. The van der Waals surface area contributed by atoms with Crippen molar-refractivity contribution in [3.63, 3.8) is 0 Å². The molecule has 0 radical (unpaired) electrons. The predicted molar refractivity (Wildman–Crippen MR) is 122 cm³/mol. The van der Waals surface area contributed by atoms with Crippen molar-refractivity contribution in [1.29, 1.82) is 0 Å². The lowest BCUT2D eigenvalue weighted by atomic mass is 10.2. The molecule has 0 spiro atoms. The molecule has 1 unspecified atom stereocenters. The minimum absolute atomic E-state index is 0.128. The van der Waals surface area contributed by atoms with Crippen LogP contribution in [0.5, 0.6) is 0 Å². The van der Waals surface area contributed by atoms with Gasteiger partial charge in [0.25, 0.3) is 0 Å². The summed E-state index contributed by atoms with van der Waals surface area (Å²) in [4.78, 5) is 26.7. The molecule has 0 saturated carbocycles. The maximum absolute atomic E-state index is 10.9. The topological polar surface area (TPSA) is 120 Å². The number of imidazole rings is 1. The summed E-state index contributed by atoms with van der Waals surface area (Å²) < 4.78 is 11.4. The van der Waals surface area contributed by atoms with E-state index in [0.29, 0.717) is 12.3 Å². The lowest BCUT2D eigenvalue weighted by Crippen LogP contribution is -2.30. The van der Waals surface area contributed by atoms with Gasteiger partial charge >= 0.3 is 12.1 Å². The summed E-state index contributed by atoms with van der Waals surface area (Å²) in [5, 5.41) is 8.96. The molecule has 3 N–H and O–H groups in total. The van der Waals surface area contributed by atoms with Crippen LogP contribution < -0.4 is 10.6 Å². The molecule has 0 fully saturated rings. The van der Waals surface area contributed by atoms with E-state index in [1.165, 1.54) is 18.9 Å². The number of hydrogen-bond donors (Lipinski definition) is 2. The first-order chi connectivity index (χ1) is 15.3. The number of carbonyl (C=O) groups excluding carboxylic acids is 1. The van der Waals surface area contributed by atoms with E-state index >= 15 is 0 Å². The monoisotopic (exact) mass is 440 g/mol. The van der Waals surface area contributed by atoms with E-state index in [0.717, 1.165) is 16.9 Å². The number of ether oxygens (including phenoxy) is 2. The van der Waals surface area contributed by atoms with Gasteiger partial charge in [-0.1, -0.05) is 30.3 Å². The summed E-state index contributed by atoms with van der Waals surface area (Å²) in [6.45, 7) is 3.82. The van der Waals surface area contributed by atoms with Crippen LogP contribution in [0.2, 0.25) is 0 Å². The van der Waals surface area contributed by atoms with Crippen LogP contribution in [-0.4, -0.2) is 53.2 Å². The van der Waals surface area contributed by atoms with Crippen LogP contribution in [0, 0.1) is 0 Å². The second-order valence-corrected chi connectivity index (χ2v) is 6.69. The Kier molecular flexibility index (Phi) is 9.40. The third-order valence-electron chi connectivity index (χ3n) is 4.31. The van der Waals surface area contributed by atoms with Crippen molar-refractivity contribution in [2.45, 2.75) is 20.1 Å². The smallest absolute Gasteiger partial charge is 0.411 e. The zero-order valence-electron chi connectivity index (χ0n) is 18.3. The molecule has 1 amide bonds. The normalized spacial score (nSPS) is 11.1. The SMILES string of the molecule is CCOC(N)COC(C)=O.CN(C(=O)O)c1ccc(-n2cnc(-c3ccccc3)c2)cc1. The van der Waals surface area contributed by atoms with Crippen LogP contribution in [0.4, 0.5) is 10.5 Å². The van der Waals surface area contributed by atoms with E-state index in [9.17, 15) is 9.59 Å². The maximum atomic E-state index is 10.9. The fraction of sp³-hybridized carbons (Fsp3) is 0.261. The molecule has 1 aromatic heterocycles. The predicted octanol–water partition coefficient (Wildman–Crippen LogP) is 3.52.